The molecule has 9 heteroatoms. The Labute approximate surface area is 203 Å². The molecule has 5 rings (SSSR count). The summed E-state index contributed by atoms with van der Waals surface area (Å²) < 4.78 is 13.4. The van der Waals surface area contributed by atoms with Crippen molar-refractivity contribution < 1.29 is 9.50 Å². The van der Waals surface area contributed by atoms with Crippen LogP contribution in [0.15, 0.2) is 48.9 Å². The van der Waals surface area contributed by atoms with Crippen molar-refractivity contribution >= 4 is 34.9 Å². The molecule has 7 nitrogen and oxygen atoms in total. The number of aliphatic hydroxyl groups is 1. The molecule has 1 aliphatic rings. The number of fused-ring (bicyclic) bond motifs is 1. The second kappa shape index (κ2) is 9.66. The molecular weight excluding hydrogens is 455 g/mol. The summed E-state index contributed by atoms with van der Waals surface area (Å²) in [5.41, 5.74) is 3.14. The maximum atomic E-state index is 13.4. The zero-order valence-corrected chi connectivity index (χ0v) is 19.9. The number of piperidine rings is 1. The minimum absolute atomic E-state index is 0. The van der Waals surface area contributed by atoms with E-state index in [9.17, 15) is 9.50 Å². The Balaban J connectivity index is 0.00000274. The molecule has 1 aliphatic heterocycles. The molecule has 0 spiro atoms. The summed E-state index contributed by atoms with van der Waals surface area (Å²) in [5, 5.41) is 19.1. The average Bonchev–Trinajstić information content (AvgIpc) is 3.26. The first-order valence-corrected chi connectivity index (χ1v) is 11.2. The molecule has 3 aromatic heterocycles. The molecule has 34 heavy (non-hydrogen) atoms. The van der Waals surface area contributed by atoms with Crippen LogP contribution in [0.1, 0.15) is 43.7 Å². The molecule has 1 aromatic carbocycles. The van der Waals surface area contributed by atoms with Crippen LogP contribution in [-0.4, -0.2) is 38.1 Å². The summed E-state index contributed by atoms with van der Waals surface area (Å²) in [6.45, 7) is 5.69. The number of aromatic nitrogens is 4. The van der Waals surface area contributed by atoms with Crippen molar-refractivity contribution in [1.82, 2.24) is 25.3 Å². The van der Waals surface area contributed by atoms with Crippen molar-refractivity contribution in [2.75, 3.05) is 18.4 Å². The number of nitrogens with one attached hydrogen (secondary N) is 3. The van der Waals surface area contributed by atoms with Gasteiger partial charge in [-0.05, 0) is 62.2 Å². The lowest BCUT2D eigenvalue weighted by Crippen LogP contribution is -2.39. The highest BCUT2D eigenvalue weighted by Crippen LogP contribution is 2.39. The number of rotatable bonds is 5. The van der Waals surface area contributed by atoms with Gasteiger partial charge in [0.15, 0.2) is 5.82 Å². The van der Waals surface area contributed by atoms with Crippen molar-refractivity contribution in [3.05, 3.63) is 65.9 Å². The zero-order chi connectivity index (χ0) is 23.0. The van der Waals surface area contributed by atoms with E-state index >= 15 is 0 Å². The summed E-state index contributed by atoms with van der Waals surface area (Å²) in [5.74, 6) is 1.08. The molecule has 0 unspecified atom stereocenters. The fourth-order valence-electron chi connectivity index (χ4n) is 4.42. The van der Waals surface area contributed by atoms with E-state index in [2.05, 4.69) is 39.4 Å². The van der Waals surface area contributed by atoms with Crippen LogP contribution in [0.5, 0.6) is 0 Å². The van der Waals surface area contributed by atoms with Crippen LogP contribution in [0, 0.1) is 5.82 Å². The molecule has 1 saturated heterocycles. The molecule has 4 N–H and O–H groups in total. The average molecular weight is 483 g/mol. The van der Waals surface area contributed by atoms with E-state index in [1.165, 1.54) is 12.1 Å². The Morgan fingerprint density at radius 2 is 1.82 bits per heavy atom. The SMILES string of the molecule is CC(C)c1cnc(-c2ccc(F)cc2)nc1Nc1ccnc2[nH]cc(C3(O)CCNCC3)c12.Cl. The Bertz CT molecular complexity index is 1280. The smallest absolute Gasteiger partial charge is 0.161 e. The Hall–Kier alpha value is -3.07. The van der Waals surface area contributed by atoms with Crippen molar-refractivity contribution in [3.63, 3.8) is 0 Å². The lowest BCUT2D eigenvalue weighted by molar-refractivity contribution is 0.00737. The highest BCUT2D eigenvalue weighted by molar-refractivity contribution is 5.95. The van der Waals surface area contributed by atoms with Crippen molar-refractivity contribution in [1.29, 1.82) is 0 Å². The molecule has 0 bridgehead atoms. The first-order valence-electron chi connectivity index (χ1n) is 11.2. The van der Waals surface area contributed by atoms with Gasteiger partial charge in [-0.15, -0.1) is 12.4 Å². The van der Waals surface area contributed by atoms with Gasteiger partial charge in [0, 0.05) is 40.7 Å². The van der Waals surface area contributed by atoms with E-state index in [-0.39, 0.29) is 24.1 Å². The lowest BCUT2D eigenvalue weighted by Gasteiger charge is -2.32. The fourth-order valence-corrected chi connectivity index (χ4v) is 4.42. The quantitative estimate of drug-likeness (QED) is 0.319. The molecule has 4 heterocycles. The fraction of sp³-hybridized carbons (Fsp3) is 0.320. The topological polar surface area (TPSA) is 98.8 Å². The van der Waals surface area contributed by atoms with Gasteiger partial charge in [0.25, 0.3) is 0 Å². The van der Waals surface area contributed by atoms with Crippen molar-refractivity contribution in [2.24, 2.45) is 0 Å². The summed E-state index contributed by atoms with van der Waals surface area (Å²) in [6, 6.07) is 8.05. The van der Waals surface area contributed by atoms with Gasteiger partial charge in [0.2, 0.25) is 0 Å². The second-order valence-corrected chi connectivity index (χ2v) is 8.85. The van der Waals surface area contributed by atoms with E-state index in [1.807, 2.05) is 18.5 Å². The van der Waals surface area contributed by atoms with E-state index in [0.29, 0.717) is 30.1 Å². The maximum Gasteiger partial charge on any atom is 0.161 e. The van der Waals surface area contributed by atoms with Crippen LogP contribution in [0.4, 0.5) is 15.9 Å². The molecule has 178 valence electrons. The zero-order valence-electron chi connectivity index (χ0n) is 19.1. The number of pyridine rings is 1. The summed E-state index contributed by atoms with van der Waals surface area (Å²) in [4.78, 5) is 17.0. The summed E-state index contributed by atoms with van der Waals surface area (Å²) in [6.07, 6.45) is 6.67. The third-order valence-corrected chi connectivity index (χ3v) is 6.30. The van der Waals surface area contributed by atoms with Gasteiger partial charge in [-0.25, -0.2) is 19.3 Å². The number of nitrogens with zero attached hydrogens (tertiary/aromatic N) is 3. The van der Waals surface area contributed by atoms with Crippen molar-refractivity contribution in [2.45, 2.75) is 38.2 Å². The Morgan fingerprint density at radius 1 is 1.09 bits per heavy atom. The highest BCUT2D eigenvalue weighted by Gasteiger charge is 2.34. The number of anilines is 2. The number of hydrogen-bond acceptors (Lipinski definition) is 6. The molecule has 4 aromatic rings. The van der Waals surface area contributed by atoms with E-state index in [1.54, 1.807) is 18.3 Å². The molecule has 0 aliphatic carbocycles. The molecule has 0 saturated carbocycles. The van der Waals surface area contributed by atoms with Gasteiger partial charge < -0.3 is 20.7 Å². The first kappa shape index (κ1) is 24.1. The van der Waals surface area contributed by atoms with Crippen molar-refractivity contribution in [3.8, 4) is 11.4 Å². The van der Waals surface area contributed by atoms with E-state index in [0.717, 1.165) is 40.9 Å². The van der Waals surface area contributed by atoms with Gasteiger partial charge in [-0.3, -0.25) is 0 Å². The van der Waals surface area contributed by atoms with Gasteiger partial charge >= 0.3 is 0 Å². The van der Waals surface area contributed by atoms with E-state index in [4.69, 9.17) is 4.98 Å². The minimum Gasteiger partial charge on any atom is -0.385 e. The van der Waals surface area contributed by atoms with Gasteiger partial charge in [0.05, 0.1) is 11.3 Å². The van der Waals surface area contributed by atoms with Crippen LogP contribution in [0.3, 0.4) is 0 Å². The Morgan fingerprint density at radius 3 is 2.53 bits per heavy atom. The van der Waals surface area contributed by atoms with Crippen LogP contribution in [0.2, 0.25) is 0 Å². The number of hydrogen-bond donors (Lipinski definition) is 4. The van der Waals surface area contributed by atoms with Gasteiger partial charge in [-0.2, -0.15) is 0 Å². The monoisotopic (exact) mass is 482 g/mol. The first-order chi connectivity index (χ1) is 15.9. The Kier molecular flexibility index (Phi) is 6.84. The summed E-state index contributed by atoms with van der Waals surface area (Å²) in [7, 11) is 0. The summed E-state index contributed by atoms with van der Waals surface area (Å²) >= 11 is 0. The number of benzene rings is 1. The van der Waals surface area contributed by atoms with Crippen LogP contribution >= 0.6 is 12.4 Å². The lowest BCUT2D eigenvalue weighted by atomic mass is 9.85. The third-order valence-electron chi connectivity index (χ3n) is 6.30. The molecule has 0 amide bonds. The van der Waals surface area contributed by atoms with Gasteiger partial charge in [0.1, 0.15) is 17.3 Å². The normalized spacial score (nSPS) is 15.3. The third kappa shape index (κ3) is 4.49. The number of halogens is 2. The largest absolute Gasteiger partial charge is 0.385 e. The molecule has 0 radical (unpaired) electrons. The predicted molar refractivity (Wildman–Crippen MR) is 134 cm³/mol. The highest BCUT2D eigenvalue weighted by atomic mass is 35.5. The standard InChI is InChI=1S/C25H27FN6O.ClH/c1-15(2)18-13-29-22(16-3-5-17(26)6-4-16)32-23(18)31-20-7-10-28-24-21(20)19(14-30-24)25(33)8-11-27-12-9-25;/h3-7,10,13-15,27,33H,8-9,11-12H2,1-2H3,(H2,28,29,30,31,32);1H. The predicted octanol–water partition coefficient (Wildman–Crippen LogP) is 5.02. The van der Waals surface area contributed by atoms with Crippen LogP contribution < -0.4 is 10.6 Å². The maximum absolute atomic E-state index is 13.4. The molecular formula is C25H28ClFN6O. The van der Waals surface area contributed by atoms with E-state index < -0.39 is 5.60 Å². The number of aromatic amines is 1. The molecule has 1 fully saturated rings. The second-order valence-electron chi connectivity index (χ2n) is 8.85. The van der Waals surface area contributed by atoms with Crippen LogP contribution in [-0.2, 0) is 5.60 Å². The molecule has 0 atom stereocenters. The van der Waals surface area contributed by atoms with Crippen LogP contribution in [0.25, 0.3) is 22.4 Å². The van der Waals surface area contributed by atoms with Gasteiger partial charge in [-0.1, -0.05) is 13.8 Å². The number of H-pyrrole nitrogens is 1. The minimum atomic E-state index is -0.922.